The van der Waals surface area contributed by atoms with E-state index in [1.165, 1.54) is 11.3 Å². The zero-order valence-corrected chi connectivity index (χ0v) is 22.9. The monoisotopic (exact) mass is 481 g/mol. The SMILES string of the molecule is C/C=C(\C=NC(=NC)N1CCN(c2ncc3c(n2)CCN(C(C)(C)CC)C3)CC1)C(=O)C(C)(C)C. The first-order valence-corrected chi connectivity index (χ1v) is 12.8. The Kier molecular flexibility index (Phi) is 8.46. The molecule has 0 aliphatic carbocycles. The molecule has 2 aliphatic rings. The van der Waals surface area contributed by atoms with Crippen molar-refractivity contribution >= 4 is 23.9 Å². The number of piperazine rings is 1. The van der Waals surface area contributed by atoms with Crippen LogP contribution in [0.2, 0.25) is 0 Å². The standard InChI is InChI=1S/C27H43N7O/c1-9-20(23(35)26(3,4)5)17-29-24(28-8)32-13-15-33(16-14-32)25-30-18-21-19-34(27(6,7)10-2)12-11-22(21)31-25/h9,17-18H,10-16,19H2,1-8H3/b20-9+,28-24?,29-17?. The summed E-state index contributed by atoms with van der Waals surface area (Å²) in [5.74, 6) is 1.54. The highest BCUT2D eigenvalue weighted by atomic mass is 16.1. The molecular weight excluding hydrogens is 438 g/mol. The van der Waals surface area contributed by atoms with Gasteiger partial charge in [-0.05, 0) is 27.2 Å². The van der Waals surface area contributed by atoms with Gasteiger partial charge in [0.1, 0.15) is 0 Å². The van der Waals surface area contributed by atoms with Crippen molar-refractivity contribution in [2.45, 2.75) is 73.4 Å². The van der Waals surface area contributed by atoms with Crippen molar-refractivity contribution < 1.29 is 4.79 Å². The van der Waals surface area contributed by atoms with Gasteiger partial charge in [-0.25, -0.2) is 15.0 Å². The van der Waals surface area contributed by atoms with Gasteiger partial charge in [-0.3, -0.25) is 14.7 Å². The molecular formula is C27H43N7O. The molecule has 0 unspecified atom stereocenters. The summed E-state index contributed by atoms with van der Waals surface area (Å²) in [6.45, 7) is 19.6. The number of fused-ring (bicyclic) bond motifs is 1. The average Bonchev–Trinajstić information content (AvgIpc) is 2.85. The number of Topliss-reactive ketones (excluding diaryl/α,β-unsaturated/α-hetero) is 1. The molecule has 0 spiro atoms. The number of hydrogen-bond acceptors (Lipinski definition) is 6. The molecule has 2 aliphatic heterocycles. The lowest BCUT2D eigenvalue weighted by atomic mass is 9.86. The van der Waals surface area contributed by atoms with Crippen molar-refractivity contribution in [3.63, 3.8) is 0 Å². The predicted molar refractivity (Wildman–Crippen MR) is 144 cm³/mol. The quantitative estimate of drug-likeness (QED) is 0.362. The Morgan fingerprint density at radius 3 is 2.37 bits per heavy atom. The Hall–Kier alpha value is -2.61. The highest BCUT2D eigenvalue weighted by Gasteiger charge is 2.30. The molecule has 1 aromatic heterocycles. The van der Waals surface area contributed by atoms with Crippen LogP contribution in [0.4, 0.5) is 5.95 Å². The first kappa shape index (κ1) is 27.0. The van der Waals surface area contributed by atoms with Gasteiger partial charge in [0.2, 0.25) is 11.9 Å². The smallest absolute Gasteiger partial charge is 0.225 e. The number of ketones is 1. The number of aliphatic imine (C=N–C) groups is 2. The molecule has 1 aromatic rings. The zero-order chi connectivity index (χ0) is 25.8. The second kappa shape index (κ2) is 11.0. The first-order valence-electron chi connectivity index (χ1n) is 12.8. The summed E-state index contributed by atoms with van der Waals surface area (Å²) in [7, 11) is 1.75. The average molecular weight is 482 g/mol. The van der Waals surface area contributed by atoms with E-state index in [-0.39, 0.29) is 11.3 Å². The lowest BCUT2D eigenvalue weighted by Crippen LogP contribution is -2.49. The summed E-state index contributed by atoms with van der Waals surface area (Å²) >= 11 is 0. The van der Waals surface area contributed by atoms with Gasteiger partial charge in [-0.2, -0.15) is 0 Å². The number of guanidine groups is 1. The van der Waals surface area contributed by atoms with Crippen LogP contribution in [0.25, 0.3) is 0 Å². The van der Waals surface area contributed by atoms with Crippen molar-refractivity contribution in [2.24, 2.45) is 15.4 Å². The molecule has 1 saturated heterocycles. The Morgan fingerprint density at radius 2 is 1.80 bits per heavy atom. The second-order valence-corrected chi connectivity index (χ2v) is 11.1. The van der Waals surface area contributed by atoms with Crippen LogP contribution < -0.4 is 4.90 Å². The van der Waals surface area contributed by atoms with Crippen LogP contribution in [0.3, 0.4) is 0 Å². The fourth-order valence-corrected chi connectivity index (χ4v) is 4.41. The van der Waals surface area contributed by atoms with E-state index in [9.17, 15) is 4.79 Å². The molecule has 0 amide bonds. The maximum Gasteiger partial charge on any atom is 0.225 e. The molecule has 0 atom stereocenters. The molecule has 8 nitrogen and oxygen atoms in total. The minimum absolute atomic E-state index is 0.0787. The summed E-state index contributed by atoms with van der Waals surface area (Å²) in [6.07, 6.45) is 7.59. The van der Waals surface area contributed by atoms with Gasteiger partial charge in [0.05, 0.1) is 5.69 Å². The fourth-order valence-electron chi connectivity index (χ4n) is 4.41. The van der Waals surface area contributed by atoms with E-state index in [1.54, 1.807) is 13.3 Å². The number of allylic oxidation sites excluding steroid dienone is 2. The molecule has 0 N–H and O–H groups in total. The highest BCUT2D eigenvalue weighted by molar-refractivity contribution is 6.16. The van der Waals surface area contributed by atoms with Gasteiger partial charge in [-0.1, -0.05) is 33.8 Å². The number of carbonyl (C=O) groups excluding carboxylic acids is 1. The molecule has 0 aromatic carbocycles. The number of anilines is 1. The number of aromatic nitrogens is 2. The Morgan fingerprint density at radius 1 is 1.11 bits per heavy atom. The third kappa shape index (κ3) is 6.34. The van der Waals surface area contributed by atoms with E-state index in [1.807, 2.05) is 40.0 Å². The van der Waals surface area contributed by atoms with Crippen LogP contribution in [-0.4, -0.2) is 83.0 Å². The lowest BCUT2D eigenvalue weighted by Gasteiger charge is -2.41. The minimum atomic E-state index is -0.442. The summed E-state index contributed by atoms with van der Waals surface area (Å²) in [5.41, 5.74) is 2.80. The van der Waals surface area contributed by atoms with Crippen molar-refractivity contribution in [3.8, 4) is 0 Å². The van der Waals surface area contributed by atoms with E-state index >= 15 is 0 Å². The second-order valence-electron chi connectivity index (χ2n) is 11.1. The predicted octanol–water partition coefficient (Wildman–Crippen LogP) is 3.76. The summed E-state index contributed by atoms with van der Waals surface area (Å²) in [4.78, 5) is 38.2. The van der Waals surface area contributed by atoms with Crippen LogP contribution in [0.1, 0.15) is 66.1 Å². The molecule has 35 heavy (non-hydrogen) atoms. The largest absolute Gasteiger partial charge is 0.338 e. The van der Waals surface area contributed by atoms with Crippen molar-refractivity contribution in [2.75, 3.05) is 44.7 Å². The molecule has 8 heteroatoms. The van der Waals surface area contributed by atoms with Crippen LogP contribution in [0.15, 0.2) is 27.8 Å². The Labute approximate surface area is 211 Å². The Bertz CT molecular complexity index is 995. The number of hydrogen-bond donors (Lipinski definition) is 0. The zero-order valence-electron chi connectivity index (χ0n) is 22.9. The summed E-state index contributed by atoms with van der Waals surface area (Å²) < 4.78 is 0. The molecule has 0 radical (unpaired) electrons. The maximum absolute atomic E-state index is 12.6. The topological polar surface area (TPSA) is 77.3 Å². The minimum Gasteiger partial charge on any atom is -0.338 e. The number of carbonyl (C=O) groups is 1. The van der Waals surface area contributed by atoms with Gasteiger partial charge in [0, 0.05) is 87.2 Å². The van der Waals surface area contributed by atoms with Crippen LogP contribution >= 0.6 is 0 Å². The van der Waals surface area contributed by atoms with Crippen LogP contribution in [0.5, 0.6) is 0 Å². The van der Waals surface area contributed by atoms with Crippen molar-refractivity contribution in [3.05, 3.63) is 29.1 Å². The van der Waals surface area contributed by atoms with E-state index in [2.05, 4.69) is 45.5 Å². The summed E-state index contributed by atoms with van der Waals surface area (Å²) in [6, 6.07) is 0. The van der Waals surface area contributed by atoms with Crippen LogP contribution in [0, 0.1) is 5.41 Å². The van der Waals surface area contributed by atoms with E-state index in [0.717, 1.165) is 58.1 Å². The first-order chi connectivity index (χ1) is 16.5. The molecule has 0 bridgehead atoms. The number of rotatable bonds is 5. The Balaban J connectivity index is 1.62. The fraction of sp³-hybridized carbons (Fsp3) is 0.667. The maximum atomic E-state index is 12.6. The third-order valence-electron chi connectivity index (χ3n) is 7.26. The molecule has 0 saturated carbocycles. The van der Waals surface area contributed by atoms with Gasteiger partial charge >= 0.3 is 0 Å². The van der Waals surface area contributed by atoms with E-state index in [4.69, 9.17) is 9.97 Å². The van der Waals surface area contributed by atoms with Gasteiger partial charge in [0.15, 0.2) is 5.78 Å². The number of nitrogens with zero attached hydrogens (tertiary/aromatic N) is 7. The molecule has 1 fully saturated rings. The normalized spacial score (nSPS) is 18.9. The third-order valence-corrected chi connectivity index (χ3v) is 7.26. The summed E-state index contributed by atoms with van der Waals surface area (Å²) in [5, 5.41) is 0. The molecule has 192 valence electrons. The lowest BCUT2D eigenvalue weighted by molar-refractivity contribution is -0.121. The molecule has 3 heterocycles. The van der Waals surface area contributed by atoms with Gasteiger partial charge in [-0.15, -0.1) is 0 Å². The van der Waals surface area contributed by atoms with Crippen molar-refractivity contribution in [1.82, 2.24) is 19.8 Å². The van der Waals surface area contributed by atoms with Gasteiger partial charge in [0.25, 0.3) is 0 Å². The molecule has 3 rings (SSSR count). The van der Waals surface area contributed by atoms with E-state index in [0.29, 0.717) is 11.5 Å². The van der Waals surface area contributed by atoms with Crippen LogP contribution in [-0.2, 0) is 17.8 Å². The highest BCUT2D eigenvalue weighted by Crippen LogP contribution is 2.27. The van der Waals surface area contributed by atoms with Gasteiger partial charge < -0.3 is 9.80 Å². The van der Waals surface area contributed by atoms with Crippen molar-refractivity contribution in [1.29, 1.82) is 0 Å². The van der Waals surface area contributed by atoms with E-state index < -0.39 is 5.41 Å².